The molecule has 0 bridgehead atoms. The fraction of sp³-hybridized carbons (Fsp3) is 0.227. The first-order valence-corrected chi connectivity index (χ1v) is 9.58. The molecule has 0 amide bonds. The van der Waals surface area contributed by atoms with E-state index in [0.717, 1.165) is 27.9 Å². The van der Waals surface area contributed by atoms with Crippen molar-refractivity contribution in [3.8, 4) is 17.1 Å². The SMILES string of the molecule is N[C@H](c1cccc(-c2ccc3cnn(-c4cccc(CO)n4)c3c2)n1)C1COC1. The summed E-state index contributed by atoms with van der Waals surface area (Å²) in [6, 6.07) is 17.5. The fourth-order valence-electron chi connectivity index (χ4n) is 3.53. The number of hydrogen-bond acceptors (Lipinski definition) is 6. The molecular formula is C22H21N5O2. The minimum absolute atomic E-state index is 0.110. The van der Waals surface area contributed by atoms with Crippen LogP contribution in [0.15, 0.2) is 60.8 Å². The molecule has 7 heteroatoms. The number of ether oxygens (including phenoxy) is 1. The average molecular weight is 387 g/mol. The van der Waals surface area contributed by atoms with Crippen molar-refractivity contribution in [3.63, 3.8) is 0 Å². The maximum absolute atomic E-state index is 9.38. The zero-order chi connectivity index (χ0) is 19.8. The first-order valence-electron chi connectivity index (χ1n) is 9.58. The molecule has 5 rings (SSSR count). The second-order valence-electron chi connectivity index (χ2n) is 7.25. The number of aliphatic hydroxyl groups excluding tert-OH is 1. The molecule has 7 nitrogen and oxygen atoms in total. The van der Waals surface area contributed by atoms with Crippen molar-refractivity contribution >= 4 is 10.9 Å². The molecule has 4 aromatic rings. The van der Waals surface area contributed by atoms with E-state index in [1.807, 2.05) is 48.7 Å². The lowest BCUT2D eigenvalue weighted by molar-refractivity contribution is -0.0447. The molecule has 1 atom stereocenters. The highest BCUT2D eigenvalue weighted by Crippen LogP contribution is 2.28. The van der Waals surface area contributed by atoms with Gasteiger partial charge in [0.25, 0.3) is 0 Å². The second kappa shape index (κ2) is 7.36. The molecule has 0 radical (unpaired) electrons. The largest absolute Gasteiger partial charge is 0.390 e. The quantitative estimate of drug-likeness (QED) is 0.546. The average Bonchev–Trinajstić information content (AvgIpc) is 3.16. The minimum Gasteiger partial charge on any atom is -0.390 e. The molecule has 4 heterocycles. The van der Waals surface area contributed by atoms with Gasteiger partial charge in [-0.15, -0.1) is 0 Å². The lowest BCUT2D eigenvalue weighted by Crippen LogP contribution is -2.37. The molecule has 1 aromatic carbocycles. The van der Waals surface area contributed by atoms with E-state index in [0.29, 0.717) is 30.6 Å². The zero-order valence-corrected chi connectivity index (χ0v) is 15.8. The van der Waals surface area contributed by atoms with Crippen LogP contribution in [0.4, 0.5) is 0 Å². The molecular weight excluding hydrogens is 366 g/mol. The number of fused-ring (bicyclic) bond motifs is 1. The maximum Gasteiger partial charge on any atom is 0.154 e. The van der Waals surface area contributed by atoms with Gasteiger partial charge in [-0.1, -0.05) is 24.3 Å². The summed E-state index contributed by atoms with van der Waals surface area (Å²) in [6.45, 7) is 1.28. The van der Waals surface area contributed by atoms with Gasteiger partial charge in [0.2, 0.25) is 0 Å². The van der Waals surface area contributed by atoms with Crippen LogP contribution in [0.1, 0.15) is 17.4 Å². The molecule has 146 valence electrons. The molecule has 1 aliphatic heterocycles. The number of nitrogens with zero attached hydrogens (tertiary/aromatic N) is 4. The van der Waals surface area contributed by atoms with Crippen molar-refractivity contribution in [2.75, 3.05) is 13.2 Å². The Labute approximate surface area is 167 Å². The summed E-state index contributed by atoms with van der Waals surface area (Å²) in [6.07, 6.45) is 1.81. The van der Waals surface area contributed by atoms with E-state index >= 15 is 0 Å². The second-order valence-corrected chi connectivity index (χ2v) is 7.25. The highest BCUT2D eigenvalue weighted by atomic mass is 16.5. The number of aliphatic hydroxyl groups is 1. The van der Waals surface area contributed by atoms with Crippen LogP contribution in [0.5, 0.6) is 0 Å². The third-order valence-corrected chi connectivity index (χ3v) is 5.32. The lowest BCUT2D eigenvalue weighted by Gasteiger charge is -2.31. The van der Waals surface area contributed by atoms with Gasteiger partial charge in [0.05, 0.1) is 54.7 Å². The van der Waals surface area contributed by atoms with Gasteiger partial charge in [0, 0.05) is 16.9 Å². The Morgan fingerprint density at radius 3 is 2.76 bits per heavy atom. The maximum atomic E-state index is 9.38. The first-order chi connectivity index (χ1) is 14.2. The summed E-state index contributed by atoms with van der Waals surface area (Å²) in [7, 11) is 0. The van der Waals surface area contributed by atoms with Gasteiger partial charge in [-0.3, -0.25) is 4.98 Å². The van der Waals surface area contributed by atoms with Gasteiger partial charge in [-0.25, -0.2) is 9.67 Å². The number of benzene rings is 1. The van der Waals surface area contributed by atoms with E-state index in [1.54, 1.807) is 10.7 Å². The Morgan fingerprint density at radius 1 is 1.10 bits per heavy atom. The number of nitrogens with two attached hydrogens (primary N) is 1. The Bertz CT molecular complexity index is 1170. The predicted molar refractivity (Wildman–Crippen MR) is 109 cm³/mol. The summed E-state index contributed by atoms with van der Waals surface area (Å²) in [4.78, 5) is 9.27. The van der Waals surface area contributed by atoms with Crippen LogP contribution in [0.25, 0.3) is 28.0 Å². The van der Waals surface area contributed by atoms with Gasteiger partial charge in [0.15, 0.2) is 5.82 Å². The monoisotopic (exact) mass is 387 g/mol. The summed E-state index contributed by atoms with van der Waals surface area (Å²) < 4.78 is 7.04. The van der Waals surface area contributed by atoms with E-state index in [2.05, 4.69) is 16.1 Å². The smallest absolute Gasteiger partial charge is 0.154 e. The summed E-state index contributed by atoms with van der Waals surface area (Å²) in [5.41, 5.74) is 10.6. The highest BCUT2D eigenvalue weighted by Gasteiger charge is 2.27. The molecule has 0 aliphatic carbocycles. The Kier molecular flexibility index (Phi) is 4.55. The Balaban J connectivity index is 1.55. The number of aromatic nitrogens is 4. The van der Waals surface area contributed by atoms with Crippen LogP contribution in [-0.4, -0.2) is 38.1 Å². The Hall–Kier alpha value is -3.13. The molecule has 3 N–H and O–H groups in total. The van der Waals surface area contributed by atoms with Gasteiger partial charge in [-0.2, -0.15) is 5.10 Å². The molecule has 0 saturated carbocycles. The van der Waals surface area contributed by atoms with E-state index in [4.69, 9.17) is 15.5 Å². The summed E-state index contributed by atoms with van der Waals surface area (Å²) in [5.74, 6) is 0.990. The van der Waals surface area contributed by atoms with E-state index in [9.17, 15) is 5.11 Å². The van der Waals surface area contributed by atoms with Crippen LogP contribution in [-0.2, 0) is 11.3 Å². The van der Waals surface area contributed by atoms with Crippen LogP contribution in [0.2, 0.25) is 0 Å². The van der Waals surface area contributed by atoms with Crippen molar-refractivity contribution in [1.82, 2.24) is 19.7 Å². The van der Waals surface area contributed by atoms with Gasteiger partial charge in [-0.05, 0) is 30.3 Å². The standard InChI is InChI=1S/C22H21N5O2/c23-22(16-12-29-13-16)19-5-2-4-18(26-19)14-7-8-15-10-24-27(20(15)9-14)21-6-1-3-17(11-28)25-21/h1-10,16,22,28H,11-13,23H2/t22-/m0/s1. The van der Waals surface area contributed by atoms with Gasteiger partial charge < -0.3 is 15.6 Å². The topological polar surface area (TPSA) is 99.1 Å². The number of rotatable bonds is 5. The Morgan fingerprint density at radius 2 is 1.97 bits per heavy atom. The number of hydrogen-bond donors (Lipinski definition) is 2. The molecule has 1 saturated heterocycles. The third kappa shape index (κ3) is 3.29. The lowest BCUT2D eigenvalue weighted by atomic mass is 9.95. The normalized spacial score (nSPS) is 15.4. The molecule has 0 unspecified atom stereocenters. The first kappa shape index (κ1) is 17.9. The molecule has 1 fully saturated rings. The fourth-order valence-corrected chi connectivity index (χ4v) is 3.53. The van der Waals surface area contributed by atoms with Crippen LogP contribution in [0, 0.1) is 5.92 Å². The van der Waals surface area contributed by atoms with Crippen molar-refractivity contribution in [1.29, 1.82) is 0 Å². The number of pyridine rings is 2. The third-order valence-electron chi connectivity index (χ3n) is 5.32. The van der Waals surface area contributed by atoms with Crippen molar-refractivity contribution in [3.05, 3.63) is 72.2 Å². The van der Waals surface area contributed by atoms with E-state index in [-0.39, 0.29) is 12.6 Å². The van der Waals surface area contributed by atoms with Crippen molar-refractivity contribution in [2.45, 2.75) is 12.6 Å². The van der Waals surface area contributed by atoms with Crippen LogP contribution in [0.3, 0.4) is 0 Å². The van der Waals surface area contributed by atoms with E-state index < -0.39 is 0 Å². The van der Waals surface area contributed by atoms with Crippen LogP contribution < -0.4 is 5.73 Å². The molecule has 3 aromatic heterocycles. The summed E-state index contributed by atoms with van der Waals surface area (Å²) in [5, 5.41) is 14.9. The van der Waals surface area contributed by atoms with Gasteiger partial charge in [0.1, 0.15) is 0 Å². The molecule has 0 spiro atoms. The highest BCUT2D eigenvalue weighted by molar-refractivity contribution is 5.84. The van der Waals surface area contributed by atoms with Crippen molar-refractivity contribution < 1.29 is 9.84 Å². The molecule has 1 aliphatic rings. The minimum atomic E-state index is -0.122. The van der Waals surface area contributed by atoms with Crippen LogP contribution >= 0.6 is 0 Å². The molecule has 29 heavy (non-hydrogen) atoms. The van der Waals surface area contributed by atoms with E-state index in [1.165, 1.54) is 0 Å². The predicted octanol–water partition coefficient (Wildman–Crippen LogP) is 2.62. The summed E-state index contributed by atoms with van der Waals surface area (Å²) >= 11 is 0. The van der Waals surface area contributed by atoms with Crippen molar-refractivity contribution in [2.24, 2.45) is 11.7 Å². The zero-order valence-electron chi connectivity index (χ0n) is 15.8. The van der Waals surface area contributed by atoms with Gasteiger partial charge >= 0.3 is 0 Å².